The van der Waals surface area contributed by atoms with Gasteiger partial charge in [-0.1, -0.05) is 12.1 Å². The molecule has 2 aliphatic heterocycles. The van der Waals surface area contributed by atoms with Crippen molar-refractivity contribution >= 4 is 11.7 Å². The van der Waals surface area contributed by atoms with E-state index in [4.69, 9.17) is 0 Å². The van der Waals surface area contributed by atoms with Crippen LogP contribution in [-0.2, 0) is 6.42 Å². The van der Waals surface area contributed by atoms with Gasteiger partial charge in [-0.15, -0.1) is 0 Å². The fraction of sp³-hybridized carbons (Fsp3) is 0.500. The van der Waals surface area contributed by atoms with Gasteiger partial charge in [0.1, 0.15) is 11.6 Å². The molecule has 2 amide bonds. The quantitative estimate of drug-likeness (QED) is 0.625. The van der Waals surface area contributed by atoms with Gasteiger partial charge in [0.25, 0.3) is 0 Å². The Bertz CT molecular complexity index is 864. The number of likely N-dealkylation sites (tertiary alicyclic amines) is 2. The number of anilines is 1. The number of carbonyl (C=O) groups is 1. The number of benzene rings is 2. The lowest BCUT2D eigenvalue weighted by atomic mass is 9.90. The van der Waals surface area contributed by atoms with Gasteiger partial charge in [0.15, 0.2) is 0 Å². The van der Waals surface area contributed by atoms with E-state index in [1.807, 2.05) is 17.0 Å². The minimum absolute atomic E-state index is 0.0840. The van der Waals surface area contributed by atoms with E-state index in [0.717, 1.165) is 71.1 Å². The van der Waals surface area contributed by atoms with E-state index in [9.17, 15) is 13.6 Å². The van der Waals surface area contributed by atoms with Gasteiger partial charge >= 0.3 is 6.03 Å². The molecule has 0 aliphatic carbocycles. The molecule has 0 spiro atoms. The van der Waals surface area contributed by atoms with Crippen molar-refractivity contribution in [3.05, 3.63) is 65.7 Å². The lowest BCUT2D eigenvalue weighted by molar-refractivity contribution is 0.132. The Morgan fingerprint density at radius 3 is 2.22 bits per heavy atom. The molecule has 0 bridgehead atoms. The van der Waals surface area contributed by atoms with E-state index in [1.165, 1.54) is 17.7 Å². The summed E-state index contributed by atoms with van der Waals surface area (Å²) in [4.78, 5) is 17.3. The van der Waals surface area contributed by atoms with Gasteiger partial charge in [-0.3, -0.25) is 0 Å². The molecule has 0 radical (unpaired) electrons. The molecule has 2 heterocycles. The van der Waals surface area contributed by atoms with Crippen LogP contribution in [0.5, 0.6) is 0 Å². The number of amides is 2. The second-order valence-corrected chi connectivity index (χ2v) is 9.18. The molecule has 2 aromatic rings. The number of rotatable bonds is 6. The monoisotopic (exact) mass is 441 g/mol. The second kappa shape index (κ2) is 10.9. The smallest absolute Gasteiger partial charge is 0.322 e. The molecular formula is C26H33F2N3O. The largest absolute Gasteiger partial charge is 0.322 e. The highest BCUT2D eigenvalue weighted by molar-refractivity contribution is 5.89. The summed E-state index contributed by atoms with van der Waals surface area (Å²) in [7, 11) is 0. The zero-order valence-corrected chi connectivity index (χ0v) is 18.6. The number of halogens is 2. The summed E-state index contributed by atoms with van der Waals surface area (Å²) in [6.07, 6.45) is 7.56. The summed E-state index contributed by atoms with van der Waals surface area (Å²) < 4.78 is 26.2. The first-order chi connectivity index (χ1) is 15.6. The van der Waals surface area contributed by atoms with E-state index >= 15 is 0 Å². The van der Waals surface area contributed by atoms with Crippen LogP contribution in [0.25, 0.3) is 0 Å². The Kier molecular flexibility index (Phi) is 7.74. The van der Waals surface area contributed by atoms with Crippen LogP contribution < -0.4 is 5.32 Å². The van der Waals surface area contributed by atoms with Gasteiger partial charge in [-0.2, -0.15) is 0 Å². The molecule has 0 saturated carbocycles. The highest BCUT2D eigenvalue weighted by Crippen LogP contribution is 2.25. The maximum absolute atomic E-state index is 13.1. The summed E-state index contributed by atoms with van der Waals surface area (Å²) >= 11 is 0. The van der Waals surface area contributed by atoms with Crippen LogP contribution in [0.15, 0.2) is 48.5 Å². The van der Waals surface area contributed by atoms with Crippen molar-refractivity contribution in [3.63, 3.8) is 0 Å². The molecule has 1 unspecified atom stereocenters. The third kappa shape index (κ3) is 6.28. The molecule has 1 atom stereocenters. The van der Waals surface area contributed by atoms with Crippen LogP contribution in [0.2, 0.25) is 0 Å². The van der Waals surface area contributed by atoms with Crippen LogP contribution in [-0.4, -0.2) is 48.1 Å². The molecule has 172 valence electrons. The third-order valence-electron chi connectivity index (χ3n) is 6.91. The minimum atomic E-state index is -0.305. The Hall–Kier alpha value is -2.47. The van der Waals surface area contributed by atoms with Crippen LogP contribution in [0.3, 0.4) is 0 Å². The normalized spacial score (nSPS) is 20.3. The van der Waals surface area contributed by atoms with Crippen LogP contribution >= 0.6 is 0 Å². The SMILES string of the molecule is O=C(Nc1ccc(F)cc1)N1CCCCC1CCN1CCC(Cc2ccc(F)cc2)CC1. The summed E-state index contributed by atoms with van der Waals surface area (Å²) in [5.74, 6) is 0.177. The molecule has 2 saturated heterocycles. The maximum atomic E-state index is 13.1. The van der Waals surface area contributed by atoms with Crippen molar-refractivity contribution < 1.29 is 13.6 Å². The van der Waals surface area contributed by atoms with Crippen molar-refractivity contribution in [2.45, 2.75) is 51.0 Å². The van der Waals surface area contributed by atoms with Crippen molar-refractivity contribution in [2.24, 2.45) is 5.92 Å². The highest BCUT2D eigenvalue weighted by Gasteiger charge is 2.28. The van der Waals surface area contributed by atoms with E-state index < -0.39 is 0 Å². The molecule has 4 nitrogen and oxygen atoms in total. The Morgan fingerprint density at radius 1 is 0.875 bits per heavy atom. The van der Waals surface area contributed by atoms with Crippen LogP contribution in [0.1, 0.15) is 44.1 Å². The number of nitrogens with one attached hydrogen (secondary N) is 1. The van der Waals surface area contributed by atoms with Crippen molar-refractivity contribution in [3.8, 4) is 0 Å². The molecule has 1 N–H and O–H groups in total. The number of piperidine rings is 2. The van der Waals surface area contributed by atoms with Crippen LogP contribution in [0, 0.1) is 17.6 Å². The molecule has 2 fully saturated rings. The standard InChI is InChI=1S/C26H33F2N3O/c27-22-6-4-20(5-7-22)19-21-12-16-30(17-13-21)18-14-25-3-1-2-15-31(25)26(32)29-24-10-8-23(28)9-11-24/h4-11,21,25H,1-3,12-19H2,(H,29,32). The number of hydrogen-bond acceptors (Lipinski definition) is 2. The molecular weight excluding hydrogens is 408 g/mol. The van der Waals surface area contributed by atoms with E-state index in [2.05, 4.69) is 10.2 Å². The first-order valence-corrected chi connectivity index (χ1v) is 11.9. The molecule has 0 aromatic heterocycles. The van der Waals surface area contributed by atoms with Gasteiger partial charge < -0.3 is 15.1 Å². The molecule has 6 heteroatoms. The van der Waals surface area contributed by atoms with Gasteiger partial charge in [-0.05, 0) is 106 Å². The van der Waals surface area contributed by atoms with E-state index in [-0.39, 0.29) is 23.7 Å². The van der Waals surface area contributed by atoms with E-state index in [0.29, 0.717) is 11.6 Å². The summed E-state index contributed by atoms with van der Waals surface area (Å²) in [5, 5.41) is 2.92. The average Bonchev–Trinajstić information content (AvgIpc) is 2.82. The Labute approximate surface area is 189 Å². The van der Waals surface area contributed by atoms with Crippen molar-refractivity contribution in [2.75, 3.05) is 31.5 Å². The topological polar surface area (TPSA) is 35.6 Å². The number of urea groups is 1. The summed E-state index contributed by atoms with van der Waals surface area (Å²) in [6, 6.07) is 13.0. The first kappa shape index (κ1) is 22.7. The van der Waals surface area contributed by atoms with Gasteiger partial charge in [0.2, 0.25) is 0 Å². The van der Waals surface area contributed by atoms with Gasteiger partial charge in [0.05, 0.1) is 0 Å². The molecule has 2 aromatic carbocycles. The average molecular weight is 442 g/mol. The number of hydrogen-bond donors (Lipinski definition) is 1. The minimum Gasteiger partial charge on any atom is -0.322 e. The highest BCUT2D eigenvalue weighted by atomic mass is 19.1. The van der Waals surface area contributed by atoms with Crippen molar-refractivity contribution in [1.82, 2.24) is 9.80 Å². The van der Waals surface area contributed by atoms with E-state index in [1.54, 1.807) is 24.3 Å². The van der Waals surface area contributed by atoms with Crippen molar-refractivity contribution in [1.29, 1.82) is 0 Å². The number of nitrogens with zero attached hydrogens (tertiary/aromatic N) is 2. The lowest BCUT2D eigenvalue weighted by Crippen LogP contribution is -2.47. The van der Waals surface area contributed by atoms with Gasteiger partial charge in [0, 0.05) is 24.8 Å². The number of carbonyl (C=O) groups excluding carboxylic acids is 1. The molecule has 4 rings (SSSR count). The first-order valence-electron chi connectivity index (χ1n) is 11.9. The predicted octanol–water partition coefficient (Wildman–Crippen LogP) is 5.70. The lowest BCUT2D eigenvalue weighted by Gasteiger charge is -2.38. The van der Waals surface area contributed by atoms with Crippen LogP contribution in [0.4, 0.5) is 19.3 Å². The zero-order valence-electron chi connectivity index (χ0n) is 18.6. The third-order valence-corrected chi connectivity index (χ3v) is 6.91. The Balaban J connectivity index is 1.23. The molecule has 2 aliphatic rings. The zero-order chi connectivity index (χ0) is 22.3. The fourth-order valence-corrected chi connectivity index (χ4v) is 5.00. The Morgan fingerprint density at radius 2 is 1.53 bits per heavy atom. The van der Waals surface area contributed by atoms with Gasteiger partial charge in [-0.25, -0.2) is 13.6 Å². The molecule has 32 heavy (non-hydrogen) atoms. The predicted molar refractivity (Wildman–Crippen MR) is 124 cm³/mol. The summed E-state index contributed by atoms with van der Waals surface area (Å²) in [5.41, 5.74) is 1.85. The fourth-order valence-electron chi connectivity index (χ4n) is 5.00. The second-order valence-electron chi connectivity index (χ2n) is 9.18. The summed E-state index contributed by atoms with van der Waals surface area (Å²) in [6.45, 7) is 3.95. The maximum Gasteiger partial charge on any atom is 0.322 e.